The number of carbonyl (C=O) groups is 1. The largest absolute Gasteiger partial charge is 0.299 e. The van der Waals surface area contributed by atoms with E-state index in [1.165, 1.54) is 44.9 Å². The van der Waals surface area contributed by atoms with Crippen molar-refractivity contribution in [2.75, 3.05) is 0 Å². The van der Waals surface area contributed by atoms with Crippen molar-refractivity contribution in [1.29, 1.82) is 0 Å². The number of allylic oxidation sites excluding steroid dienone is 4. The third kappa shape index (κ3) is 3.26. The van der Waals surface area contributed by atoms with Gasteiger partial charge < -0.3 is 0 Å². The van der Waals surface area contributed by atoms with Crippen molar-refractivity contribution in [3.05, 3.63) is 23.3 Å². The van der Waals surface area contributed by atoms with Crippen LogP contribution in [0.25, 0.3) is 0 Å². The van der Waals surface area contributed by atoms with E-state index < -0.39 is 0 Å². The van der Waals surface area contributed by atoms with E-state index in [0.29, 0.717) is 39.8 Å². The number of rotatable bonds is 4. The zero-order valence-electron chi connectivity index (χ0n) is 21.7. The minimum atomic E-state index is -0.146. The van der Waals surface area contributed by atoms with E-state index in [4.69, 9.17) is 0 Å². The second-order valence-corrected chi connectivity index (χ2v) is 13.4. The van der Waals surface area contributed by atoms with Gasteiger partial charge in [0.2, 0.25) is 0 Å². The Bertz CT molecular complexity index is 797. The van der Waals surface area contributed by atoms with E-state index in [9.17, 15) is 4.79 Å². The van der Waals surface area contributed by atoms with Crippen LogP contribution in [0.5, 0.6) is 0 Å². The summed E-state index contributed by atoms with van der Waals surface area (Å²) in [5.41, 5.74) is 4.25. The molecule has 0 aromatic heterocycles. The predicted molar refractivity (Wildman–Crippen MR) is 132 cm³/mol. The van der Waals surface area contributed by atoms with Crippen LogP contribution in [0, 0.1) is 45.3 Å². The smallest absolute Gasteiger partial charge is 0.138 e. The van der Waals surface area contributed by atoms with Crippen molar-refractivity contribution in [3.63, 3.8) is 0 Å². The molecule has 3 saturated carbocycles. The van der Waals surface area contributed by atoms with Crippen LogP contribution < -0.4 is 0 Å². The number of fused-ring (bicyclic) bond motifs is 5. The lowest BCUT2D eigenvalue weighted by molar-refractivity contribution is -0.174. The molecule has 0 heterocycles. The molecule has 0 aromatic rings. The molecule has 0 N–H and O–H groups in total. The van der Waals surface area contributed by atoms with Crippen molar-refractivity contribution in [2.45, 2.75) is 113 Å². The highest BCUT2D eigenvalue weighted by atomic mass is 16.1. The molecule has 1 heteroatoms. The lowest BCUT2D eigenvalue weighted by Crippen LogP contribution is -2.61. The maximum Gasteiger partial charge on any atom is 0.138 e. The number of ketones is 1. The van der Waals surface area contributed by atoms with Crippen LogP contribution in [0.1, 0.15) is 113 Å². The van der Waals surface area contributed by atoms with Gasteiger partial charge in [0.05, 0.1) is 0 Å². The lowest BCUT2D eigenvalue weighted by Gasteiger charge is -2.67. The zero-order valence-corrected chi connectivity index (χ0v) is 21.7. The number of hydrogen-bond donors (Lipinski definition) is 0. The van der Waals surface area contributed by atoms with Gasteiger partial charge in [0.1, 0.15) is 5.78 Å². The van der Waals surface area contributed by atoms with Crippen molar-refractivity contribution < 1.29 is 4.79 Å². The van der Waals surface area contributed by atoms with Gasteiger partial charge in [-0.2, -0.15) is 0 Å². The Balaban J connectivity index is 1.66. The molecule has 0 amide bonds. The lowest BCUT2D eigenvalue weighted by atomic mass is 9.37. The fourth-order valence-corrected chi connectivity index (χ4v) is 9.15. The Labute approximate surface area is 192 Å². The highest BCUT2D eigenvalue weighted by Crippen LogP contribution is 2.73. The van der Waals surface area contributed by atoms with Gasteiger partial charge in [-0.1, -0.05) is 71.8 Å². The molecule has 1 nitrogen and oxygen atoms in total. The molecule has 4 aliphatic carbocycles. The maximum atomic E-state index is 12.8. The van der Waals surface area contributed by atoms with Crippen LogP contribution in [0.15, 0.2) is 23.3 Å². The third-order valence-electron chi connectivity index (χ3n) is 11.3. The van der Waals surface area contributed by atoms with Crippen LogP contribution in [0.2, 0.25) is 0 Å². The normalized spacial score (nSPS) is 44.5. The van der Waals surface area contributed by atoms with Gasteiger partial charge in [-0.05, 0) is 92.3 Å². The van der Waals surface area contributed by atoms with E-state index in [2.05, 4.69) is 67.5 Å². The minimum Gasteiger partial charge on any atom is -0.299 e. The van der Waals surface area contributed by atoms with E-state index >= 15 is 0 Å². The molecule has 6 unspecified atom stereocenters. The van der Waals surface area contributed by atoms with Crippen LogP contribution in [-0.4, -0.2) is 5.78 Å². The molecule has 0 spiro atoms. The van der Waals surface area contributed by atoms with Gasteiger partial charge in [0, 0.05) is 17.8 Å². The molecule has 31 heavy (non-hydrogen) atoms. The first kappa shape index (κ1) is 23.3. The first-order valence-corrected chi connectivity index (χ1v) is 13.3. The van der Waals surface area contributed by atoms with E-state index in [-0.39, 0.29) is 5.41 Å². The first-order valence-electron chi connectivity index (χ1n) is 13.3. The summed E-state index contributed by atoms with van der Waals surface area (Å²) in [6.07, 6.45) is 16.1. The molecule has 0 radical (unpaired) electrons. The highest BCUT2D eigenvalue weighted by molar-refractivity contribution is 5.85. The van der Waals surface area contributed by atoms with Crippen molar-refractivity contribution >= 4 is 5.78 Å². The summed E-state index contributed by atoms with van der Waals surface area (Å²) in [6.45, 7) is 19.4. The van der Waals surface area contributed by atoms with Crippen molar-refractivity contribution in [1.82, 2.24) is 0 Å². The summed E-state index contributed by atoms with van der Waals surface area (Å²) >= 11 is 0. The molecule has 174 valence electrons. The molecule has 0 bridgehead atoms. The average Bonchev–Trinajstić information content (AvgIpc) is 3.03. The van der Waals surface area contributed by atoms with Gasteiger partial charge in [0.15, 0.2) is 0 Å². The molecule has 0 saturated heterocycles. The quantitative estimate of drug-likeness (QED) is 0.413. The predicted octanol–water partition coefficient (Wildman–Crippen LogP) is 8.54. The third-order valence-corrected chi connectivity index (χ3v) is 11.3. The Morgan fingerprint density at radius 2 is 1.77 bits per heavy atom. The van der Waals surface area contributed by atoms with Gasteiger partial charge in [-0.15, -0.1) is 0 Å². The number of hydrogen-bond acceptors (Lipinski definition) is 1. The number of Topliss-reactive ketones (excluding diaryl/α,β-unsaturated/α-hetero) is 1. The molecule has 0 aliphatic heterocycles. The molecular weight excluding hydrogens is 376 g/mol. The summed E-state index contributed by atoms with van der Waals surface area (Å²) in [6, 6.07) is 0. The minimum absolute atomic E-state index is 0.146. The standard InChI is InChI=1S/C30H48O/c1-20(2)10-9-11-21(3)22-14-18-29(7)23(22)12-13-25-28(6)17-16-26(31)27(4,5)24(28)15-19-30(25,29)8/h11-12,20,22,24-25H,9-10,13-19H2,1-8H3. The zero-order chi connectivity index (χ0) is 22.8. The highest BCUT2D eigenvalue weighted by Gasteiger charge is 2.66. The summed E-state index contributed by atoms with van der Waals surface area (Å²) < 4.78 is 0. The molecule has 3 fully saturated rings. The van der Waals surface area contributed by atoms with E-state index in [0.717, 1.165) is 18.8 Å². The maximum absolute atomic E-state index is 12.8. The van der Waals surface area contributed by atoms with Gasteiger partial charge in [0.25, 0.3) is 0 Å². The molecule has 4 aliphatic rings. The summed E-state index contributed by atoms with van der Waals surface area (Å²) in [4.78, 5) is 12.8. The van der Waals surface area contributed by atoms with Crippen LogP contribution >= 0.6 is 0 Å². The molecule has 6 atom stereocenters. The Morgan fingerprint density at radius 3 is 2.45 bits per heavy atom. The van der Waals surface area contributed by atoms with E-state index in [1.54, 1.807) is 11.1 Å². The number of carbonyl (C=O) groups excluding carboxylic acids is 1. The summed E-state index contributed by atoms with van der Waals surface area (Å²) in [5, 5.41) is 0. The van der Waals surface area contributed by atoms with Gasteiger partial charge in [-0.25, -0.2) is 0 Å². The van der Waals surface area contributed by atoms with Crippen LogP contribution in [0.4, 0.5) is 0 Å². The SMILES string of the molecule is CC(=CCCC(C)C)C1CCC2(C)C1=CCC1C3(C)CCC(=O)C(C)(C)C3CCC12C. The monoisotopic (exact) mass is 424 g/mol. The summed E-state index contributed by atoms with van der Waals surface area (Å²) in [5.74, 6) is 3.23. The Hall–Kier alpha value is -0.850. The fraction of sp³-hybridized carbons (Fsp3) is 0.833. The van der Waals surface area contributed by atoms with Crippen LogP contribution in [-0.2, 0) is 4.79 Å². The molecule has 4 rings (SSSR count). The molecular formula is C30H48O. The van der Waals surface area contributed by atoms with Crippen LogP contribution in [0.3, 0.4) is 0 Å². The van der Waals surface area contributed by atoms with Gasteiger partial charge in [-0.3, -0.25) is 4.79 Å². The average molecular weight is 425 g/mol. The van der Waals surface area contributed by atoms with Crippen molar-refractivity contribution in [3.8, 4) is 0 Å². The van der Waals surface area contributed by atoms with E-state index in [1.807, 2.05) is 0 Å². The first-order chi connectivity index (χ1) is 14.4. The topological polar surface area (TPSA) is 17.1 Å². The Kier molecular flexibility index (Phi) is 5.71. The van der Waals surface area contributed by atoms with Crippen molar-refractivity contribution in [2.24, 2.45) is 45.3 Å². The molecule has 0 aromatic carbocycles. The van der Waals surface area contributed by atoms with Gasteiger partial charge >= 0.3 is 0 Å². The summed E-state index contributed by atoms with van der Waals surface area (Å²) in [7, 11) is 0. The second kappa shape index (κ2) is 7.59. The second-order valence-electron chi connectivity index (χ2n) is 13.4. The fourth-order valence-electron chi connectivity index (χ4n) is 9.15. The Morgan fingerprint density at radius 1 is 1.06 bits per heavy atom.